The van der Waals surface area contributed by atoms with Crippen LogP contribution in [0.4, 0.5) is 20.4 Å². The zero-order valence-electron chi connectivity index (χ0n) is 21.9. The maximum atomic E-state index is 13.9. The number of aromatic nitrogens is 4. The van der Waals surface area contributed by atoms with Crippen molar-refractivity contribution in [3.63, 3.8) is 0 Å². The van der Waals surface area contributed by atoms with Gasteiger partial charge in [0.05, 0.1) is 28.9 Å². The fraction of sp³-hybridized carbons (Fsp3) is 0.333. The summed E-state index contributed by atoms with van der Waals surface area (Å²) < 4.78 is 56.8. The summed E-state index contributed by atoms with van der Waals surface area (Å²) in [7, 11) is -3.90. The van der Waals surface area contributed by atoms with Crippen LogP contribution in [-0.2, 0) is 15.8 Å². The third-order valence-corrected chi connectivity index (χ3v) is 7.77. The van der Waals surface area contributed by atoms with Crippen LogP contribution in [0.3, 0.4) is 0 Å². The van der Waals surface area contributed by atoms with Crippen molar-refractivity contribution in [3.8, 4) is 11.3 Å². The molecule has 10 nitrogen and oxygen atoms in total. The summed E-state index contributed by atoms with van der Waals surface area (Å²) in [6, 6.07) is 9.91. The SMILES string of the molecule is CC(C)n1c(=O)c(-c2ccc(NS(=O)(=O)Cc3ccccc3F)cn2)cc2cnc(N[C@@H]3CNC[C@@H](F)C3)nc21. The number of hydrogen-bond donors (Lipinski definition) is 3. The highest BCUT2D eigenvalue weighted by Crippen LogP contribution is 2.24. The first-order valence-corrected chi connectivity index (χ1v) is 14.5. The van der Waals surface area contributed by atoms with Crippen LogP contribution in [0.2, 0.25) is 0 Å². The lowest BCUT2D eigenvalue weighted by Crippen LogP contribution is -2.44. The van der Waals surface area contributed by atoms with Crippen molar-refractivity contribution in [1.82, 2.24) is 24.8 Å². The average molecular weight is 570 g/mol. The molecular weight excluding hydrogens is 540 g/mol. The molecule has 1 fully saturated rings. The number of anilines is 2. The molecule has 0 saturated carbocycles. The van der Waals surface area contributed by atoms with Gasteiger partial charge in [-0.15, -0.1) is 0 Å². The van der Waals surface area contributed by atoms with E-state index in [1.54, 1.807) is 22.9 Å². The number of rotatable bonds is 8. The smallest absolute Gasteiger partial charge is 0.261 e. The summed E-state index contributed by atoms with van der Waals surface area (Å²) in [6.45, 7) is 4.62. The van der Waals surface area contributed by atoms with E-state index in [1.165, 1.54) is 36.5 Å². The molecule has 5 rings (SSSR count). The van der Waals surface area contributed by atoms with Gasteiger partial charge < -0.3 is 10.6 Å². The van der Waals surface area contributed by atoms with Gasteiger partial charge in [0.2, 0.25) is 16.0 Å². The lowest BCUT2D eigenvalue weighted by atomic mass is 10.1. The number of alkyl halides is 1. The van der Waals surface area contributed by atoms with Crippen molar-refractivity contribution in [2.24, 2.45) is 0 Å². The fourth-order valence-electron chi connectivity index (χ4n) is 4.68. The van der Waals surface area contributed by atoms with Gasteiger partial charge in [-0.1, -0.05) is 18.2 Å². The second-order valence-corrected chi connectivity index (χ2v) is 11.7. The zero-order valence-corrected chi connectivity index (χ0v) is 22.8. The molecule has 0 radical (unpaired) electrons. The molecule has 3 aromatic heterocycles. The lowest BCUT2D eigenvalue weighted by Gasteiger charge is -2.26. The molecule has 0 aliphatic carbocycles. The van der Waals surface area contributed by atoms with Crippen LogP contribution in [0.15, 0.2) is 59.7 Å². The van der Waals surface area contributed by atoms with Crippen molar-refractivity contribution in [3.05, 3.63) is 76.6 Å². The Kier molecular flexibility index (Phi) is 7.76. The maximum absolute atomic E-state index is 13.9. The summed E-state index contributed by atoms with van der Waals surface area (Å²) in [5.41, 5.74) is 0.963. The number of pyridine rings is 2. The minimum atomic E-state index is -3.90. The second-order valence-electron chi connectivity index (χ2n) is 10.0. The number of hydrogen-bond acceptors (Lipinski definition) is 8. The highest BCUT2D eigenvalue weighted by atomic mass is 32.2. The first-order chi connectivity index (χ1) is 19.1. The quantitative estimate of drug-likeness (QED) is 0.293. The van der Waals surface area contributed by atoms with Crippen LogP contribution < -0.4 is 20.9 Å². The number of piperidine rings is 1. The van der Waals surface area contributed by atoms with Gasteiger partial charge >= 0.3 is 0 Å². The van der Waals surface area contributed by atoms with Crippen molar-refractivity contribution in [2.75, 3.05) is 23.1 Å². The highest BCUT2D eigenvalue weighted by molar-refractivity contribution is 7.91. The van der Waals surface area contributed by atoms with E-state index in [-0.39, 0.29) is 28.9 Å². The molecule has 13 heteroatoms. The number of fused-ring (bicyclic) bond motifs is 1. The van der Waals surface area contributed by atoms with Gasteiger partial charge in [-0.25, -0.2) is 22.2 Å². The van der Waals surface area contributed by atoms with E-state index in [0.717, 1.165) is 0 Å². The van der Waals surface area contributed by atoms with Crippen LogP contribution in [0.1, 0.15) is 31.9 Å². The Balaban J connectivity index is 1.41. The molecule has 1 aromatic carbocycles. The molecule has 0 unspecified atom stereocenters. The van der Waals surface area contributed by atoms with Crippen molar-refractivity contribution >= 4 is 32.7 Å². The van der Waals surface area contributed by atoms with E-state index in [2.05, 4.69) is 30.3 Å². The Labute approximate surface area is 229 Å². The van der Waals surface area contributed by atoms with Crippen LogP contribution in [0.25, 0.3) is 22.3 Å². The molecule has 4 heterocycles. The molecule has 1 saturated heterocycles. The Bertz CT molecular complexity index is 1700. The van der Waals surface area contributed by atoms with Crippen LogP contribution >= 0.6 is 0 Å². The van der Waals surface area contributed by atoms with E-state index in [4.69, 9.17) is 0 Å². The van der Waals surface area contributed by atoms with Gasteiger partial charge in [-0.05, 0) is 38.1 Å². The number of sulfonamides is 1. The minimum absolute atomic E-state index is 0.0487. The standard InChI is InChI=1S/C27H29F2N7O3S/c1-16(2)36-25-18(11-32-27(34-25)33-21-10-19(28)12-30-13-21)9-22(26(36)37)24-8-7-20(14-31-24)35-40(38,39)15-17-5-3-4-6-23(17)29/h3-9,11,14,16,19,21,30,35H,10,12-13,15H2,1-2H3,(H,32,33,34)/t19-,21-/m0/s1. The monoisotopic (exact) mass is 569 g/mol. The predicted octanol–water partition coefficient (Wildman–Crippen LogP) is 3.63. The first kappa shape index (κ1) is 27.6. The van der Waals surface area contributed by atoms with E-state index in [9.17, 15) is 22.0 Å². The second kappa shape index (κ2) is 11.3. The topological polar surface area (TPSA) is 131 Å². The number of benzene rings is 1. The first-order valence-electron chi connectivity index (χ1n) is 12.8. The molecule has 4 aromatic rings. The largest absolute Gasteiger partial charge is 0.350 e. The van der Waals surface area contributed by atoms with Gasteiger partial charge in [0, 0.05) is 48.7 Å². The van der Waals surface area contributed by atoms with Crippen molar-refractivity contribution < 1.29 is 17.2 Å². The molecule has 2 atom stereocenters. The number of nitrogens with zero attached hydrogens (tertiary/aromatic N) is 4. The third kappa shape index (κ3) is 6.10. The molecule has 0 amide bonds. The molecule has 1 aliphatic rings. The van der Waals surface area contributed by atoms with Gasteiger partial charge in [0.25, 0.3) is 5.56 Å². The maximum Gasteiger partial charge on any atom is 0.261 e. The van der Waals surface area contributed by atoms with Gasteiger partial charge in [0.15, 0.2) is 0 Å². The minimum Gasteiger partial charge on any atom is -0.350 e. The third-order valence-electron chi connectivity index (χ3n) is 6.54. The summed E-state index contributed by atoms with van der Waals surface area (Å²) in [4.78, 5) is 26.8. The summed E-state index contributed by atoms with van der Waals surface area (Å²) in [5.74, 6) is -0.835. The molecule has 0 bridgehead atoms. The van der Waals surface area contributed by atoms with E-state index in [1.807, 2.05) is 13.8 Å². The van der Waals surface area contributed by atoms with Gasteiger partial charge in [0.1, 0.15) is 17.6 Å². The molecule has 40 heavy (non-hydrogen) atoms. The fourth-order valence-corrected chi connectivity index (χ4v) is 5.88. The summed E-state index contributed by atoms with van der Waals surface area (Å²) in [6.07, 6.45) is 2.29. The number of halogens is 2. The Morgan fingerprint density at radius 1 is 1.12 bits per heavy atom. The van der Waals surface area contributed by atoms with E-state index >= 15 is 0 Å². The van der Waals surface area contributed by atoms with E-state index < -0.39 is 27.8 Å². The van der Waals surface area contributed by atoms with Gasteiger partial charge in [-0.2, -0.15) is 4.98 Å². The average Bonchev–Trinajstić information content (AvgIpc) is 2.90. The Morgan fingerprint density at radius 3 is 2.62 bits per heavy atom. The van der Waals surface area contributed by atoms with Crippen molar-refractivity contribution in [1.29, 1.82) is 0 Å². The van der Waals surface area contributed by atoms with Gasteiger partial charge in [-0.3, -0.25) is 19.1 Å². The summed E-state index contributed by atoms with van der Waals surface area (Å²) in [5, 5.41) is 6.78. The summed E-state index contributed by atoms with van der Waals surface area (Å²) >= 11 is 0. The molecule has 0 spiro atoms. The van der Waals surface area contributed by atoms with Crippen LogP contribution in [0.5, 0.6) is 0 Å². The Hall–Kier alpha value is -3.97. The lowest BCUT2D eigenvalue weighted by molar-refractivity contribution is 0.254. The predicted molar refractivity (Wildman–Crippen MR) is 150 cm³/mol. The van der Waals surface area contributed by atoms with Crippen LogP contribution in [0, 0.1) is 5.82 Å². The van der Waals surface area contributed by atoms with Crippen LogP contribution in [-0.4, -0.2) is 53.2 Å². The zero-order chi connectivity index (χ0) is 28.4. The Morgan fingerprint density at radius 2 is 1.93 bits per heavy atom. The highest BCUT2D eigenvalue weighted by Gasteiger charge is 2.23. The number of nitrogens with one attached hydrogen (secondary N) is 3. The normalized spacial score (nSPS) is 17.7. The molecule has 1 aliphatic heterocycles. The van der Waals surface area contributed by atoms with E-state index in [0.29, 0.717) is 47.7 Å². The molecule has 210 valence electrons. The molecular formula is C27H29F2N7O3S. The molecule has 3 N–H and O–H groups in total. The van der Waals surface area contributed by atoms with Crippen molar-refractivity contribution in [2.45, 2.75) is 44.3 Å².